The molecule has 0 radical (unpaired) electrons. The standard InChI is InChI=1S/C46H52N8O8/c1-28(2)40(52-46(59)61-4)44(57)54-23-9-13-38(54)42-48-26-36(50-42)33-20-16-31(17-21-33)30-14-18-32(19-15-30)35-25-47-41(49-35)37-12-8-22-53(37)43(56)34(51-45(58)60-3)24-39(55)62-27-29-10-6-5-7-11-29/h5-7,10-11,14-21,25-26,28,34,37-38,40H,8-9,12-13,22-24,27H2,1-4H3,(H,47,49)(H,48,50)(H,51,58)(H,52,59)/t34-,37-,38-,40-/m0/s1. The molecule has 0 saturated carbocycles. The van der Waals surface area contributed by atoms with E-state index in [1.54, 1.807) is 22.2 Å². The van der Waals surface area contributed by atoms with Crippen molar-refractivity contribution < 1.29 is 38.2 Å². The first-order chi connectivity index (χ1) is 30.0. The lowest BCUT2D eigenvalue weighted by Gasteiger charge is -2.30. The van der Waals surface area contributed by atoms with E-state index < -0.39 is 36.1 Å². The molecule has 4 amide bonds. The number of H-pyrrole nitrogens is 2. The maximum absolute atomic E-state index is 13.9. The minimum absolute atomic E-state index is 0.0489. The van der Waals surface area contributed by atoms with Crippen LogP contribution in [0.1, 0.15) is 75.2 Å². The average Bonchev–Trinajstić information content (AvgIpc) is 4.14. The van der Waals surface area contributed by atoms with Crippen molar-refractivity contribution in [2.45, 2.75) is 76.7 Å². The van der Waals surface area contributed by atoms with Crippen molar-refractivity contribution in [3.8, 4) is 33.6 Å². The Bertz CT molecular complexity index is 2340. The maximum atomic E-state index is 13.9. The van der Waals surface area contributed by atoms with Crippen LogP contribution >= 0.6 is 0 Å². The highest BCUT2D eigenvalue weighted by Gasteiger charge is 2.39. The summed E-state index contributed by atoms with van der Waals surface area (Å²) in [6.07, 6.45) is 4.70. The number of nitrogens with one attached hydrogen (secondary N) is 4. The highest BCUT2D eigenvalue weighted by molar-refractivity contribution is 5.90. The summed E-state index contributed by atoms with van der Waals surface area (Å²) in [6.45, 7) is 4.84. The molecule has 2 aliphatic heterocycles. The molecule has 4 heterocycles. The average molecular weight is 845 g/mol. The van der Waals surface area contributed by atoms with Crippen molar-refractivity contribution in [1.29, 1.82) is 0 Å². The van der Waals surface area contributed by atoms with E-state index in [1.807, 2.05) is 92.7 Å². The minimum Gasteiger partial charge on any atom is -0.461 e. The second kappa shape index (κ2) is 19.6. The lowest BCUT2D eigenvalue weighted by Crippen LogP contribution is -2.51. The van der Waals surface area contributed by atoms with E-state index in [9.17, 15) is 24.0 Å². The molecule has 3 aromatic carbocycles. The second-order valence-corrected chi connectivity index (χ2v) is 15.8. The third-order valence-corrected chi connectivity index (χ3v) is 11.4. The fourth-order valence-corrected chi connectivity index (χ4v) is 8.06. The van der Waals surface area contributed by atoms with E-state index in [0.717, 1.165) is 58.5 Å². The number of methoxy groups -OCH3 is 2. The number of imidazole rings is 2. The topological polar surface area (TPSA) is 201 Å². The Morgan fingerprint density at radius 2 is 1.16 bits per heavy atom. The van der Waals surface area contributed by atoms with Crippen molar-refractivity contribution >= 4 is 30.0 Å². The lowest BCUT2D eigenvalue weighted by atomic mass is 10.0. The third kappa shape index (κ3) is 9.96. The Hall–Kier alpha value is -6.97. The van der Waals surface area contributed by atoms with E-state index >= 15 is 0 Å². The van der Waals surface area contributed by atoms with Gasteiger partial charge in [-0.2, -0.15) is 0 Å². The second-order valence-electron chi connectivity index (χ2n) is 15.8. The zero-order valence-corrected chi connectivity index (χ0v) is 35.3. The Morgan fingerprint density at radius 1 is 0.677 bits per heavy atom. The highest BCUT2D eigenvalue weighted by Crippen LogP contribution is 2.35. The zero-order valence-electron chi connectivity index (χ0n) is 35.3. The van der Waals surface area contributed by atoms with Crippen molar-refractivity contribution in [3.63, 3.8) is 0 Å². The number of alkyl carbamates (subject to hydrolysis) is 2. The number of esters is 1. The molecule has 2 saturated heterocycles. The number of nitrogens with zero attached hydrogens (tertiary/aromatic N) is 4. The molecule has 2 aromatic heterocycles. The Labute approximate surface area is 359 Å². The van der Waals surface area contributed by atoms with Gasteiger partial charge in [-0.05, 0) is 59.4 Å². The summed E-state index contributed by atoms with van der Waals surface area (Å²) in [4.78, 5) is 84.0. The van der Waals surface area contributed by atoms with Crippen molar-refractivity contribution in [1.82, 2.24) is 40.4 Å². The number of aromatic nitrogens is 4. The summed E-state index contributed by atoms with van der Waals surface area (Å²) in [6, 6.07) is 23.0. The number of rotatable bonds is 14. The van der Waals surface area contributed by atoms with Crippen LogP contribution in [0.4, 0.5) is 9.59 Å². The molecule has 7 rings (SSSR count). The normalized spacial score (nSPS) is 17.0. The van der Waals surface area contributed by atoms with Crippen LogP contribution in [0, 0.1) is 5.92 Å². The van der Waals surface area contributed by atoms with Gasteiger partial charge in [-0.15, -0.1) is 0 Å². The summed E-state index contributed by atoms with van der Waals surface area (Å²) in [7, 11) is 2.48. The molecule has 4 atom stereocenters. The van der Waals surface area contributed by atoms with Crippen LogP contribution in [0.5, 0.6) is 0 Å². The van der Waals surface area contributed by atoms with Crippen LogP contribution in [-0.4, -0.2) is 99.1 Å². The Balaban J connectivity index is 0.980. The van der Waals surface area contributed by atoms with E-state index in [4.69, 9.17) is 14.2 Å². The molecule has 5 aromatic rings. The first-order valence-electron chi connectivity index (χ1n) is 20.8. The molecule has 2 fully saturated rings. The van der Waals surface area contributed by atoms with Gasteiger partial charge in [0.2, 0.25) is 11.8 Å². The minimum atomic E-state index is -1.18. The van der Waals surface area contributed by atoms with Gasteiger partial charge >= 0.3 is 18.2 Å². The van der Waals surface area contributed by atoms with Crippen LogP contribution < -0.4 is 10.6 Å². The number of carbonyl (C=O) groups is 5. The van der Waals surface area contributed by atoms with Crippen LogP contribution in [0.15, 0.2) is 91.3 Å². The van der Waals surface area contributed by atoms with Crippen LogP contribution in [0.3, 0.4) is 0 Å². The molecule has 16 heteroatoms. The number of ether oxygens (including phenoxy) is 3. The number of hydrogen-bond donors (Lipinski definition) is 4. The monoisotopic (exact) mass is 844 g/mol. The van der Waals surface area contributed by atoms with Gasteiger partial charge in [0.25, 0.3) is 0 Å². The molecule has 324 valence electrons. The third-order valence-electron chi connectivity index (χ3n) is 11.4. The van der Waals surface area contributed by atoms with Gasteiger partial charge in [0, 0.05) is 13.1 Å². The highest BCUT2D eigenvalue weighted by atomic mass is 16.5. The van der Waals surface area contributed by atoms with E-state index in [2.05, 4.69) is 30.6 Å². The van der Waals surface area contributed by atoms with E-state index in [0.29, 0.717) is 31.2 Å². The number of carbonyl (C=O) groups excluding carboxylic acids is 5. The lowest BCUT2D eigenvalue weighted by molar-refractivity contribution is -0.148. The van der Waals surface area contributed by atoms with Gasteiger partial charge in [0.15, 0.2) is 0 Å². The summed E-state index contributed by atoms with van der Waals surface area (Å²) in [5, 5.41) is 5.21. The Kier molecular flexibility index (Phi) is 13.6. The quantitative estimate of drug-likeness (QED) is 0.0689. The Morgan fingerprint density at radius 3 is 1.66 bits per heavy atom. The molecule has 0 aliphatic carbocycles. The predicted octanol–water partition coefficient (Wildman–Crippen LogP) is 6.70. The fraction of sp³-hybridized carbons (Fsp3) is 0.370. The van der Waals surface area contributed by atoms with Gasteiger partial charge in [-0.25, -0.2) is 19.6 Å². The first-order valence-corrected chi connectivity index (χ1v) is 20.8. The van der Waals surface area contributed by atoms with Gasteiger partial charge in [0.05, 0.1) is 56.5 Å². The fourth-order valence-electron chi connectivity index (χ4n) is 8.06. The van der Waals surface area contributed by atoms with Crippen LogP contribution in [0.2, 0.25) is 0 Å². The molecule has 62 heavy (non-hydrogen) atoms. The summed E-state index contributed by atoms with van der Waals surface area (Å²) in [5.74, 6) is -0.00352. The molecule has 4 N–H and O–H groups in total. The number of benzene rings is 3. The molecular weight excluding hydrogens is 793 g/mol. The van der Waals surface area contributed by atoms with Crippen molar-refractivity contribution in [2.24, 2.45) is 5.92 Å². The SMILES string of the molecule is COC(=O)N[C@@H](CC(=O)OCc1ccccc1)C(=O)N1CCC[C@H]1c1ncc(-c2ccc(-c3ccc(-c4cnc([C@@H]5CCCN5C(=O)[C@@H](NC(=O)OC)C(C)C)[nH]4)cc3)cc2)[nH]1. The number of likely N-dealkylation sites (tertiary alicyclic amines) is 2. The molecule has 16 nitrogen and oxygen atoms in total. The van der Waals surface area contributed by atoms with Crippen LogP contribution in [0.25, 0.3) is 33.6 Å². The zero-order chi connectivity index (χ0) is 43.8. The number of hydrogen-bond acceptors (Lipinski definition) is 10. The smallest absolute Gasteiger partial charge is 0.407 e. The summed E-state index contributed by atoms with van der Waals surface area (Å²) >= 11 is 0. The van der Waals surface area contributed by atoms with Crippen molar-refractivity contribution in [3.05, 3.63) is 108 Å². The molecular formula is C46H52N8O8. The van der Waals surface area contributed by atoms with Crippen LogP contribution in [-0.2, 0) is 35.2 Å². The van der Waals surface area contributed by atoms with Gasteiger partial charge < -0.3 is 44.6 Å². The molecule has 0 bridgehead atoms. The van der Waals surface area contributed by atoms with Crippen molar-refractivity contribution in [2.75, 3.05) is 27.3 Å². The predicted molar refractivity (Wildman–Crippen MR) is 229 cm³/mol. The van der Waals surface area contributed by atoms with E-state index in [1.165, 1.54) is 14.2 Å². The van der Waals surface area contributed by atoms with Gasteiger partial charge in [-0.1, -0.05) is 92.7 Å². The number of aromatic amines is 2. The van der Waals surface area contributed by atoms with E-state index in [-0.39, 0.29) is 36.9 Å². The molecule has 0 spiro atoms. The summed E-state index contributed by atoms with van der Waals surface area (Å²) < 4.78 is 14.9. The largest absolute Gasteiger partial charge is 0.461 e. The molecule has 0 unspecified atom stereocenters. The van der Waals surface area contributed by atoms with Gasteiger partial charge in [-0.3, -0.25) is 14.4 Å². The number of amides is 4. The summed E-state index contributed by atoms with van der Waals surface area (Å²) in [5.41, 5.74) is 6.33. The molecule has 2 aliphatic rings. The first kappa shape index (κ1) is 43.1. The van der Waals surface area contributed by atoms with Gasteiger partial charge in [0.1, 0.15) is 30.3 Å². The maximum Gasteiger partial charge on any atom is 0.407 e.